The van der Waals surface area contributed by atoms with Crippen molar-refractivity contribution in [1.82, 2.24) is 0 Å². The van der Waals surface area contributed by atoms with Crippen LogP contribution in [0.2, 0.25) is 0 Å². The van der Waals surface area contributed by atoms with Gasteiger partial charge in [-0.3, -0.25) is 0 Å². The second-order valence-electron chi connectivity index (χ2n) is 6.15. The first kappa shape index (κ1) is 15.9. The van der Waals surface area contributed by atoms with Gasteiger partial charge in [-0.2, -0.15) is 0 Å². The molecule has 1 saturated carbocycles. The Kier molecular flexibility index (Phi) is 4.09. The van der Waals surface area contributed by atoms with Crippen LogP contribution >= 0.6 is 0 Å². The number of methoxy groups -OCH3 is 1. The average Bonchev–Trinajstić information content (AvgIpc) is 2.56. The lowest BCUT2D eigenvalue weighted by atomic mass is 9.64. The van der Waals surface area contributed by atoms with Gasteiger partial charge < -0.3 is 4.74 Å². The highest BCUT2D eigenvalue weighted by atomic mass is 19.3. The molecule has 0 heterocycles. The van der Waals surface area contributed by atoms with E-state index in [0.29, 0.717) is 11.3 Å². The van der Waals surface area contributed by atoms with Gasteiger partial charge in [0.1, 0.15) is 11.6 Å². The van der Waals surface area contributed by atoms with E-state index in [1.54, 1.807) is 37.4 Å². The van der Waals surface area contributed by atoms with Crippen LogP contribution in [0.15, 0.2) is 48.5 Å². The van der Waals surface area contributed by atoms with E-state index >= 15 is 0 Å². The Labute approximate surface area is 134 Å². The molecule has 2 aromatic rings. The molecule has 0 radical (unpaired) electrons. The van der Waals surface area contributed by atoms with Gasteiger partial charge in [-0.25, -0.2) is 13.2 Å². The molecule has 3 rings (SSSR count). The van der Waals surface area contributed by atoms with Gasteiger partial charge in [-0.05, 0) is 42.2 Å². The largest absolute Gasteiger partial charge is 0.497 e. The molecule has 4 heteroatoms. The fraction of sp³-hybridized carbons (Fsp3) is 0.368. The number of hydrogen-bond donors (Lipinski definition) is 0. The van der Waals surface area contributed by atoms with Crippen molar-refractivity contribution in [2.45, 2.75) is 37.0 Å². The summed E-state index contributed by atoms with van der Waals surface area (Å²) in [6.45, 7) is 0. The molecule has 23 heavy (non-hydrogen) atoms. The Bertz CT molecular complexity index is 669. The van der Waals surface area contributed by atoms with Crippen molar-refractivity contribution in [3.8, 4) is 5.75 Å². The van der Waals surface area contributed by atoms with E-state index < -0.39 is 11.3 Å². The summed E-state index contributed by atoms with van der Waals surface area (Å²) in [7, 11) is 1.57. The maximum Gasteiger partial charge on any atom is 0.248 e. The molecule has 1 aliphatic carbocycles. The van der Waals surface area contributed by atoms with Crippen molar-refractivity contribution in [3.63, 3.8) is 0 Å². The van der Waals surface area contributed by atoms with Gasteiger partial charge >= 0.3 is 0 Å². The molecule has 0 aromatic heterocycles. The molecule has 0 amide bonds. The van der Waals surface area contributed by atoms with Crippen LogP contribution in [-0.2, 0) is 5.41 Å². The highest BCUT2D eigenvalue weighted by molar-refractivity contribution is 5.43. The van der Waals surface area contributed by atoms with Gasteiger partial charge in [0, 0.05) is 18.3 Å². The molecule has 0 aliphatic heterocycles. The molecule has 122 valence electrons. The minimum absolute atomic E-state index is 0.229. The van der Waals surface area contributed by atoms with E-state index in [1.807, 2.05) is 12.1 Å². The smallest absolute Gasteiger partial charge is 0.248 e. The van der Waals surface area contributed by atoms with Crippen LogP contribution in [0.4, 0.5) is 13.2 Å². The lowest BCUT2D eigenvalue weighted by Crippen LogP contribution is -2.38. The van der Waals surface area contributed by atoms with E-state index in [1.165, 1.54) is 6.07 Å². The molecule has 0 unspecified atom stereocenters. The zero-order chi connectivity index (χ0) is 16.5. The molecule has 0 N–H and O–H groups in total. The summed E-state index contributed by atoms with van der Waals surface area (Å²) in [5, 5.41) is 0. The Balaban J connectivity index is 2.09. The van der Waals surface area contributed by atoms with Crippen LogP contribution in [0.3, 0.4) is 0 Å². The summed E-state index contributed by atoms with van der Waals surface area (Å²) in [6, 6.07) is 13.8. The normalized spacial score (nSPS) is 19.3. The second kappa shape index (κ2) is 5.91. The molecule has 1 nitrogen and oxygen atoms in total. The summed E-state index contributed by atoms with van der Waals surface area (Å²) in [4.78, 5) is 0. The maximum atomic E-state index is 14.4. The van der Waals surface area contributed by atoms with E-state index in [4.69, 9.17) is 4.74 Å². The van der Waals surface area contributed by atoms with Crippen molar-refractivity contribution in [2.24, 2.45) is 0 Å². The van der Waals surface area contributed by atoms with Gasteiger partial charge in [0.2, 0.25) is 5.92 Å². The summed E-state index contributed by atoms with van der Waals surface area (Å²) >= 11 is 0. The number of ether oxygens (including phenoxy) is 1. The molecular formula is C19H19F3O. The number of benzene rings is 2. The van der Waals surface area contributed by atoms with Gasteiger partial charge in [0.15, 0.2) is 0 Å². The van der Waals surface area contributed by atoms with E-state index in [-0.39, 0.29) is 31.5 Å². The lowest BCUT2D eigenvalue weighted by Gasteiger charge is -2.41. The monoisotopic (exact) mass is 320 g/mol. The van der Waals surface area contributed by atoms with Crippen LogP contribution in [0.1, 0.15) is 36.8 Å². The van der Waals surface area contributed by atoms with Crippen molar-refractivity contribution < 1.29 is 17.9 Å². The first-order valence-electron chi connectivity index (χ1n) is 7.74. The highest BCUT2D eigenvalue weighted by Gasteiger charge is 2.46. The first-order valence-corrected chi connectivity index (χ1v) is 7.74. The molecule has 1 aliphatic rings. The number of hydrogen-bond acceptors (Lipinski definition) is 1. The SMILES string of the molecule is COc1ccc(C2(c3ccccc3F)CCC(F)(F)CC2)cc1. The summed E-state index contributed by atoms with van der Waals surface area (Å²) in [5.41, 5.74) is 0.652. The Morgan fingerprint density at radius 2 is 1.48 bits per heavy atom. The van der Waals surface area contributed by atoms with Gasteiger partial charge in [0.25, 0.3) is 0 Å². The molecule has 0 bridgehead atoms. The Hall–Kier alpha value is -1.97. The van der Waals surface area contributed by atoms with E-state index in [2.05, 4.69) is 0 Å². The van der Waals surface area contributed by atoms with Gasteiger partial charge in [-0.1, -0.05) is 30.3 Å². The summed E-state index contributed by atoms with van der Waals surface area (Å²) in [5.74, 6) is -2.31. The van der Waals surface area contributed by atoms with Crippen LogP contribution in [0.25, 0.3) is 0 Å². The fourth-order valence-electron chi connectivity index (χ4n) is 3.52. The Morgan fingerprint density at radius 3 is 2.04 bits per heavy atom. The van der Waals surface area contributed by atoms with Crippen LogP contribution < -0.4 is 4.74 Å². The second-order valence-corrected chi connectivity index (χ2v) is 6.15. The zero-order valence-electron chi connectivity index (χ0n) is 13.0. The Morgan fingerprint density at radius 1 is 0.870 bits per heavy atom. The topological polar surface area (TPSA) is 9.23 Å². The number of rotatable bonds is 3. The maximum absolute atomic E-state index is 14.4. The van der Waals surface area contributed by atoms with Crippen LogP contribution in [0, 0.1) is 5.82 Å². The third kappa shape index (κ3) is 2.94. The van der Waals surface area contributed by atoms with E-state index in [9.17, 15) is 13.2 Å². The minimum atomic E-state index is -2.67. The molecule has 0 atom stereocenters. The highest BCUT2D eigenvalue weighted by Crippen LogP contribution is 2.50. The fourth-order valence-corrected chi connectivity index (χ4v) is 3.52. The van der Waals surface area contributed by atoms with Crippen LogP contribution in [-0.4, -0.2) is 13.0 Å². The molecule has 2 aromatic carbocycles. The quantitative estimate of drug-likeness (QED) is 0.743. The van der Waals surface area contributed by atoms with Gasteiger partial charge in [-0.15, -0.1) is 0 Å². The third-order valence-corrected chi connectivity index (χ3v) is 4.87. The number of halogens is 3. The predicted octanol–water partition coefficient (Wildman–Crippen LogP) is 5.33. The summed E-state index contributed by atoms with van der Waals surface area (Å²) < 4.78 is 47.0. The zero-order valence-corrected chi connectivity index (χ0v) is 13.0. The predicted molar refractivity (Wildman–Crippen MR) is 83.6 cm³/mol. The average molecular weight is 320 g/mol. The standard InChI is InChI=1S/C19H19F3O/c1-23-15-8-6-14(7-9-15)18(10-12-19(21,22)13-11-18)16-4-2-3-5-17(16)20/h2-9H,10-13H2,1H3. The van der Waals surface area contributed by atoms with Crippen molar-refractivity contribution in [2.75, 3.05) is 7.11 Å². The molecular weight excluding hydrogens is 301 g/mol. The minimum Gasteiger partial charge on any atom is -0.497 e. The molecule has 0 saturated heterocycles. The lowest BCUT2D eigenvalue weighted by molar-refractivity contribution is -0.0474. The molecule has 0 spiro atoms. The summed E-state index contributed by atoms with van der Waals surface area (Å²) in [6.07, 6.45) is 0.00124. The molecule has 1 fully saturated rings. The number of alkyl halides is 2. The van der Waals surface area contributed by atoms with Gasteiger partial charge in [0.05, 0.1) is 7.11 Å². The third-order valence-electron chi connectivity index (χ3n) is 4.87. The van der Waals surface area contributed by atoms with Crippen molar-refractivity contribution in [1.29, 1.82) is 0 Å². The van der Waals surface area contributed by atoms with Crippen LogP contribution in [0.5, 0.6) is 5.75 Å². The van der Waals surface area contributed by atoms with Crippen molar-refractivity contribution in [3.05, 3.63) is 65.5 Å². The van der Waals surface area contributed by atoms with Crippen molar-refractivity contribution >= 4 is 0 Å². The first-order chi connectivity index (χ1) is 11.0. The van der Waals surface area contributed by atoms with E-state index in [0.717, 1.165) is 5.56 Å².